The van der Waals surface area contributed by atoms with Gasteiger partial charge in [-0.1, -0.05) is 36.4 Å². The Bertz CT molecular complexity index is 848. The number of rotatable bonds is 6. The molecule has 0 bridgehead atoms. The van der Waals surface area contributed by atoms with Crippen molar-refractivity contribution in [2.75, 3.05) is 13.6 Å². The van der Waals surface area contributed by atoms with Crippen LogP contribution in [-0.2, 0) is 24.4 Å². The molecule has 0 saturated carbocycles. The van der Waals surface area contributed by atoms with E-state index in [9.17, 15) is 9.18 Å². The van der Waals surface area contributed by atoms with Crippen molar-refractivity contribution in [2.24, 2.45) is 4.99 Å². The van der Waals surface area contributed by atoms with Gasteiger partial charge in [0.15, 0.2) is 5.96 Å². The fourth-order valence-corrected chi connectivity index (χ4v) is 3.26. The number of guanidine groups is 1. The molecule has 1 aliphatic heterocycles. The summed E-state index contributed by atoms with van der Waals surface area (Å²) >= 11 is 0. The van der Waals surface area contributed by atoms with Crippen LogP contribution in [0, 0.1) is 12.7 Å². The van der Waals surface area contributed by atoms with Crippen LogP contribution in [-0.4, -0.2) is 30.4 Å². The molecule has 1 saturated heterocycles. The van der Waals surface area contributed by atoms with Gasteiger partial charge < -0.3 is 15.5 Å². The van der Waals surface area contributed by atoms with Crippen LogP contribution in [0.5, 0.6) is 0 Å². The number of hydrogen-bond donors (Lipinski definition) is 2. The van der Waals surface area contributed by atoms with Gasteiger partial charge in [-0.3, -0.25) is 9.79 Å². The van der Waals surface area contributed by atoms with Gasteiger partial charge in [0.2, 0.25) is 5.91 Å². The van der Waals surface area contributed by atoms with E-state index in [4.69, 9.17) is 0 Å². The lowest BCUT2D eigenvalue weighted by molar-refractivity contribution is -0.128. The number of carbonyl (C=O) groups is 1. The van der Waals surface area contributed by atoms with Gasteiger partial charge >= 0.3 is 0 Å². The van der Waals surface area contributed by atoms with E-state index < -0.39 is 0 Å². The Morgan fingerprint density at radius 3 is 2.32 bits per heavy atom. The van der Waals surface area contributed by atoms with Crippen LogP contribution < -0.4 is 10.6 Å². The Morgan fingerprint density at radius 1 is 1.07 bits per heavy atom. The van der Waals surface area contributed by atoms with E-state index in [1.54, 1.807) is 20.0 Å². The Labute approximate surface area is 165 Å². The molecule has 5 nitrogen and oxygen atoms in total. The Hall–Kier alpha value is -2.89. The van der Waals surface area contributed by atoms with Crippen molar-refractivity contribution in [1.82, 2.24) is 15.5 Å². The molecule has 2 aromatic rings. The van der Waals surface area contributed by atoms with Gasteiger partial charge in [-0.15, -0.1) is 0 Å². The molecule has 0 aromatic heterocycles. The lowest BCUT2D eigenvalue weighted by Crippen LogP contribution is -2.36. The average Bonchev–Trinajstić information content (AvgIpc) is 3.10. The van der Waals surface area contributed by atoms with Gasteiger partial charge in [-0.2, -0.15) is 0 Å². The summed E-state index contributed by atoms with van der Waals surface area (Å²) in [5.41, 5.74) is 3.92. The van der Waals surface area contributed by atoms with E-state index in [1.165, 1.54) is 6.07 Å². The van der Waals surface area contributed by atoms with Crippen molar-refractivity contribution in [3.05, 3.63) is 70.5 Å². The third kappa shape index (κ3) is 5.31. The summed E-state index contributed by atoms with van der Waals surface area (Å²) < 4.78 is 13.4. The molecule has 2 N–H and O–H groups in total. The summed E-state index contributed by atoms with van der Waals surface area (Å²) in [6.07, 6.45) is 1.63. The summed E-state index contributed by atoms with van der Waals surface area (Å²) in [5.74, 6) is 0.745. The number of likely N-dealkylation sites (tertiary alicyclic amines) is 1. The monoisotopic (exact) mass is 382 g/mol. The molecule has 2 aromatic carbocycles. The zero-order valence-corrected chi connectivity index (χ0v) is 16.5. The van der Waals surface area contributed by atoms with Gasteiger partial charge in [0, 0.05) is 39.6 Å². The largest absolute Gasteiger partial charge is 0.352 e. The first-order valence-corrected chi connectivity index (χ1v) is 9.60. The van der Waals surface area contributed by atoms with Crippen molar-refractivity contribution in [2.45, 2.75) is 39.4 Å². The van der Waals surface area contributed by atoms with Crippen LogP contribution in [0.1, 0.15) is 35.1 Å². The molecule has 6 heteroatoms. The van der Waals surface area contributed by atoms with E-state index in [0.29, 0.717) is 37.6 Å². The molecule has 0 atom stereocenters. The van der Waals surface area contributed by atoms with Crippen molar-refractivity contribution in [3.63, 3.8) is 0 Å². The van der Waals surface area contributed by atoms with Gasteiger partial charge in [0.05, 0.1) is 0 Å². The van der Waals surface area contributed by atoms with Gasteiger partial charge in [0.25, 0.3) is 0 Å². The normalized spacial score (nSPS) is 14.5. The maximum absolute atomic E-state index is 13.4. The second-order valence-electron chi connectivity index (χ2n) is 7.10. The SMILES string of the molecule is CN=C(NCc1ccc(CN2CCCC2=O)cc1)NCc1ccc(F)c(C)c1. The number of halogens is 1. The minimum atomic E-state index is -0.191. The summed E-state index contributed by atoms with van der Waals surface area (Å²) in [7, 11) is 1.72. The van der Waals surface area contributed by atoms with Gasteiger partial charge in [-0.25, -0.2) is 4.39 Å². The molecule has 1 fully saturated rings. The summed E-state index contributed by atoms with van der Waals surface area (Å²) in [5, 5.41) is 6.52. The highest BCUT2D eigenvalue weighted by Gasteiger charge is 2.19. The van der Waals surface area contributed by atoms with E-state index >= 15 is 0 Å². The van der Waals surface area contributed by atoms with Crippen LogP contribution >= 0.6 is 0 Å². The summed E-state index contributed by atoms with van der Waals surface area (Å²) in [6, 6.07) is 13.4. The molecule has 0 spiro atoms. The summed E-state index contributed by atoms with van der Waals surface area (Å²) in [6.45, 7) is 4.52. The fraction of sp³-hybridized carbons (Fsp3) is 0.364. The van der Waals surface area contributed by atoms with E-state index in [-0.39, 0.29) is 11.7 Å². The van der Waals surface area contributed by atoms with Crippen molar-refractivity contribution in [1.29, 1.82) is 0 Å². The quantitative estimate of drug-likeness (QED) is 0.596. The minimum Gasteiger partial charge on any atom is -0.352 e. The number of aryl methyl sites for hydroxylation is 1. The van der Waals surface area contributed by atoms with E-state index in [0.717, 1.165) is 29.7 Å². The number of hydrogen-bond acceptors (Lipinski definition) is 2. The topological polar surface area (TPSA) is 56.7 Å². The lowest BCUT2D eigenvalue weighted by atomic mass is 10.1. The van der Waals surface area contributed by atoms with Crippen molar-refractivity contribution < 1.29 is 9.18 Å². The molecule has 0 unspecified atom stereocenters. The van der Waals surface area contributed by atoms with Gasteiger partial charge in [0.1, 0.15) is 5.82 Å². The lowest BCUT2D eigenvalue weighted by Gasteiger charge is -2.16. The fourth-order valence-electron chi connectivity index (χ4n) is 3.26. The first kappa shape index (κ1) is 19.9. The smallest absolute Gasteiger partial charge is 0.222 e. The maximum Gasteiger partial charge on any atom is 0.222 e. The molecule has 3 rings (SSSR count). The number of nitrogens with one attached hydrogen (secondary N) is 2. The first-order valence-electron chi connectivity index (χ1n) is 9.60. The maximum atomic E-state index is 13.4. The molecule has 28 heavy (non-hydrogen) atoms. The molecular formula is C22H27FN4O. The zero-order chi connectivity index (χ0) is 19.9. The summed E-state index contributed by atoms with van der Waals surface area (Å²) in [4.78, 5) is 17.9. The number of benzene rings is 2. The van der Waals surface area contributed by atoms with E-state index in [2.05, 4.69) is 39.9 Å². The first-order chi connectivity index (χ1) is 13.5. The second kappa shape index (κ2) is 9.35. The molecular weight excluding hydrogens is 355 g/mol. The van der Waals surface area contributed by atoms with Crippen LogP contribution in [0.3, 0.4) is 0 Å². The highest BCUT2D eigenvalue weighted by atomic mass is 19.1. The predicted molar refractivity (Wildman–Crippen MR) is 109 cm³/mol. The Balaban J connectivity index is 1.47. The van der Waals surface area contributed by atoms with Crippen LogP contribution in [0.4, 0.5) is 4.39 Å². The predicted octanol–water partition coefficient (Wildman–Crippen LogP) is 3.12. The molecule has 1 heterocycles. The molecule has 0 aliphatic carbocycles. The van der Waals surface area contributed by atoms with Crippen molar-refractivity contribution in [3.8, 4) is 0 Å². The van der Waals surface area contributed by atoms with Gasteiger partial charge in [-0.05, 0) is 41.7 Å². The number of nitrogens with zero attached hydrogens (tertiary/aromatic N) is 2. The van der Waals surface area contributed by atoms with Crippen LogP contribution in [0.25, 0.3) is 0 Å². The zero-order valence-electron chi connectivity index (χ0n) is 16.5. The standard InChI is InChI=1S/C22H27FN4O/c1-16-12-19(9-10-20(16)23)14-26-22(24-2)25-13-17-5-7-18(8-6-17)15-27-11-3-4-21(27)28/h5-10,12H,3-4,11,13-15H2,1-2H3,(H2,24,25,26). The van der Waals surface area contributed by atoms with Crippen LogP contribution in [0.15, 0.2) is 47.5 Å². The average molecular weight is 382 g/mol. The highest BCUT2D eigenvalue weighted by molar-refractivity contribution is 5.79. The molecule has 1 amide bonds. The number of amides is 1. The van der Waals surface area contributed by atoms with Crippen molar-refractivity contribution >= 4 is 11.9 Å². The highest BCUT2D eigenvalue weighted by Crippen LogP contribution is 2.15. The number of aliphatic imine (C=N–C) groups is 1. The second-order valence-corrected chi connectivity index (χ2v) is 7.10. The number of carbonyl (C=O) groups excluding carboxylic acids is 1. The van der Waals surface area contributed by atoms with Crippen LogP contribution in [0.2, 0.25) is 0 Å². The molecule has 1 aliphatic rings. The minimum absolute atomic E-state index is 0.191. The Kier molecular flexibility index (Phi) is 6.63. The molecule has 0 radical (unpaired) electrons. The third-order valence-electron chi connectivity index (χ3n) is 4.93. The third-order valence-corrected chi connectivity index (χ3v) is 4.93. The van der Waals surface area contributed by atoms with E-state index in [1.807, 2.05) is 11.0 Å². The molecule has 148 valence electrons. The Morgan fingerprint density at radius 2 is 1.71 bits per heavy atom.